The van der Waals surface area contributed by atoms with Crippen molar-refractivity contribution in [3.05, 3.63) is 35.9 Å². The molecule has 0 aliphatic rings. The Morgan fingerprint density at radius 3 is 2.24 bits per heavy atom. The van der Waals surface area contributed by atoms with E-state index in [2.05, 4.69) is 10.6 Å². The minimum absolute atomic E-state index is 0.269. The first-order valence-electron chi connectivity index (χ1n) is 6.34. The molecule has 0 bridgehead atoms. The molecule has 1 unspecified atom stereocenters. The smallest absolute Gasteiger partial charge is 0.315 e. The van der Waals surface area contributed by atoms with E-state index in [-0.39, 0.29) is 6.54 Å². The van der Waals surface area contributed by atoms with E-state index in [0.29, 0.717) is 6.54 Å². The lowest BCUT2D eigenvalue weighted by Gasteiger charge is -2.23. The lowest BCUT2D eigenvalue weighted by atomic mass is 9.87. The fourth-order valence-electron chi connectivity index (χ4n) is 1.66. The molecule has 4 N–H and O–H groups in total. The quantitative estimate of drug-likeness (QED) is 0.600. The maximum atomic E-state index is 11.6. The molecule has 7 nitrogen and oxygen atoms in total. The van der Waals surface area contributed by atoms with Gasteiger partial charge in [-0.25, -0.2) is 4.79 Å². The molecule has 114 valence electrons. The molecular formula is C14H18N2O5. The van der Waals surface area contributed by atoms with E-state index < -0.39 is 29.8 Å². The molecule has 0 spiro atoms. The summed E-state index contributed by atoms with van der Waals surface area (Å²) in [5, 5.41) is 22.8. The summed E-state index contributed by atoms with van der Waals surface area (Å²) in [4.78, 5) is 33.4. The van der Waals surface area contributed by atoms with Crippen molar-refractivity contribution in [1.29, 1.82) is 0 Å². The van der Waals surface area contributed by atoms with Crippen molar-refractivity contribution in [3.63, 3.8) is 0 Å². The lowest BCUT2D eigenvalue weighted by Crippen LogP contribution is -2.45. The third-order valence-corrected chi connectivity index (χ3v) is 2.99. The Labute approximate surface area is 122 Å². The second-order valence-electron chi connectivity index (χ2n) is 4.96. The summed E-state index contributed by atoms with van der Waals surface area (Å²) >= 11 is 0. The number of carbonyl (C=O) groups excluding carboxylic acids is 1. The number of hydrogen-bond donors (Lipinski definition) is 4. The average Bonchev–Trinajstić information content (AvgIpc) is 2.43. The molecule has 1 aromatic rings. The number of carbonyl (C=O) groups is 3. The molecule has 0 saturated carbocycles. The second kappa shape index (κ2) is 7.28. The van der Waals surface area contributed by atoms with Crippen LogP contribution in [0.1, 0.15) is 18.9 Å². The van der Waals surface area contributed by atoms with Crippen LogP contribution in [0.25, 0.3) is 0 Å². The van der Waals surface area contributed by atoms with Crippen molar-refractivity contribution in [2.45, 2.75) is 19.9 Å². The Morgan fingerprint density at radius 2 is 1.71 bits per heavy atom. The second-order valence-corrected chi connectivity index (χ2v) is 4.96. The molecule has 2 amide bonds. The summed E-state index contributed by atoms with van der Waals surface area (Å²) in [5.41, 5.74) is -0.644. The van der Waals surface area contributed by atoms with Crippen LogP contribution < -0.4 is 10.6 Å². The molecule has 0 aromatic heterocycles. The van der Waals surface area contributed by atoms with Crippen molar-refractivity contribution in [2.24, 2.45) is 5.41 Å². The monoisotopic (exact) mass is 294 g/mol. The Kier molecular flexibility index (Phi) is 5.71. The topological polar surface area (TPSA) is 116 Å². The van der Waals surface area contributed by atoms with E-state index >= 15 is 0 Å². The van der Waals surface area contributed by atoms with E-state index in [0.717, 1.165) is 5.56 Å². The van der Waals surface area contributed by atoms with Gasteiger partial charge in [0, 0.05) is 13.1 Å². The normalized spacial score (nSPS) is 13.0. The molecule has 0 fully saturated rings. The summed E-state index contributed by atoms with van der Waals surface area (Å²) < 4.78 is 0. The minimum atomic E-state index is -1.55. The van der Waals surface area contributed by atoms with Crippen molar-refractivity contribution < 1.29 is 24.6 Å². The number of amides is 2. The zero-order valence-corrected chi connectivity index (χ0v) is 11.6. The number of rotatable bonds is 7. The zero-order chi connectivity index (χ0) is 15.9. The molecule has 0 aliphatic carbocycles. The van der Waals surface area contributed by atoms with E-state index in [1.165, 1.54) is 6.92 Å². The van der Waals surface area contributed by atoms with Gasteiger partial charge in [-0.3, -0.25) is 9.59 Å². The number of hydrogen-bond acceptors (Lipinski definition) is 3. The average molecular weight is 294 g/mol. The number of carboxylic acids is 2. The van der Waals surface area contributed by atoms with Crippen molar-refractivity contribution >= 4 is 18.0 Å². The summed E-state index contributed by atoms with van der Waals surface area (Å²) in [7, 11) is 0. The third kappa shape index (κ3) is 5.52. The zero-order valence-electron chi connectivity index (χ0n) is 11.6. The Morgan fingerprint density at radius 1 is 1.10 bits per heavy atom. The SMILES string of the molecule is CC(CNC(=O)NCc1ccccc1)(CC(=O)O)C(=O)O. The first-order valence-corrected chi connectivity index (χ1v) is 6.34. The first-order chi connectivity index (χ1) is 9.83. The Hall–Kier alpha value is -2.57. The highest BCUT2D eigenvalue weighted by molar-refractivity contribution is 5.82. The van der Waals surface area contributed by atoms with E-state index in [1.54, 1.807) is 0 Å². The fraction of sp³-hybridized carbons (Fsp3) is 0.357. The molecule has 1 atom stereocenters. The Balaban J connectivity index is 2.47. The number of benzene rings is 1. The first kappa shape index (κ1) is 16.5. The Bertz CT molecular complexity index is 517. The van der Waals surface area contributed by atoms with Crippen LogP contribution in [-0.2, 0) is 16.1 Å². The minimum Gasteiger partial charge on any atom is -0.481 e. The van der Waals surface area contributed by atoms with E-state index in [9.17, 15) is 14.4 Å². The van der Waals surface area contributed by atoms with Gasteiger partial charge in [-0.05, 0) is 12.5 Å². The predicted molar refractivity (Wildman–Crippen MR) is 74.7 cm³/mol. The van der Waals surface area contributed by atoms with Crippen LogP contribution in [0.5, 0.6) is 0 Å². The summed E-state index contributed by atoms with van der Waals surface area (Å²) in [6, 6.07) is 8.66. The number of aliphatic carboxylic acids is 2. The van der Waals surface area contributed by atoms with E-state index in [4.69, 9.17) is 10.2 Å². The van der Waals surface area contributed by atoms with Gasteiger partial charge in [-0.1, -0.05) is 30.3 Å². The lowest BCUT2D eigenvalue weighted by molar-refractivity contribution is -0.154. The van der Waals surface area contributed by atoms with Crippen molar-refractivity contribution in [3.8, 4) is 0 Å². The number of carboxylic acid groups (broad SMARTS) is 2. The highest BCUT2D eigenvalue weighted by Crippen LogP contribution is 2.20. The van der Waals surface area contributed by atoms with Gasteiger partial charge in [-0.15, -0.1) is 0 Å². The van der Waals surface area contributed by atoms with Gasteiger partial charge in [0.25, 0.3) is 0 Å². The molecule has 0 radical (unpaired) electrons. The summed E-state index contributed by atoms with van der Waals surface area (Å²) in [5.74, 6) is -2.50. The molecule has 21 heavy (non-hydrogen) atoms. The van der Waals surface area contributed by atoms with Crippen LogP contribution in [0.2, 0.25) is 0 Å². The van der Waals surface area contributed by atoms with Gasteiger partial charge in [-0.2, -0.15) is 0 Å². The molecule has 0 heterocycles. The molecule has 1 rings (SSSR count). The number of urea groups is 1. The largest absolute Gasteiger partial charge is 0.481 e. The maximum Gasteiger partial charge on any atom is 0.315 e. The molecule has 1 aromatic carbocycles. The maximum absolute atomic E-state index is 11.6. The van der Waals surface area contributed by atoms with Crippen molar-refractivity contribution in [2.75, 3.05) is 6.54 Å². The van der Waals surface area contributed by atoms with Gasteiger partial charge in [0.2, 0.25) is 0 Å². The highest BCUT2D eigenvalue weighted by Gasteiger charge is 2.36. The van der Waals surface area contributed by atoms with Crippen LogP contribution in [-0.4, -0.2) is 34.7 Å². The summed E-state index contributed by atoms with van der Waals surface area (Å²) in [6.45, 7) is 1.31. The molecular weight excluding hydrogens is 276 g/mol. The number of nitrogens with one attached hydrogen (secondary N) is 2. The van der Waals surface area contributed by atoms with Gasteiger partial charge in [0.15, 0.2) is 0 Å². The van der Waals surface area contributed by atoms with Crippen LogP contribution in [0.4, 0.5) is 4.79 Å². The van der Waals surface area contributed by atoms with Crippen LogP contribution in [0, 0.1) is 5.41 Å². The molecule has 0 saturated heterocycles. The van der Waals surface area contributed by atoms with Gasteiger partial charge >= 0.3 is 18.0 Å². The van der Waals surface area contributed by atoms with Gasteiger partial charge in [0.1, 0.15) is 0 Å². The highest BCUT2D eigenvalue weighted by atomic mass is 16.4. The summed E-state index contributed by atoms with van der Waals surface area (Å²) in [6.07, 6.45) is -0.568. The standard InChI is InChI=1S/C14H18N2O5/c1-14(12(19)20,7-11(17)18)9-16-13(21)15-8-10-5-3-2-4-6-10/h2-6H,7-9H2,1H3,(H,17,18)(H,19,20)(H2,15,16,21). The van der Waals surface area contributed by atoms with Gasteiger partial charge < -0.3 is 20.8 Å². The third-order valence-electron chi connectivity index (χ3n) is 2.99. The predicted octanol–water partition coefficient (Wildman–Crippen LogP) is 1.05. The molecule has 0 aliphatic heterocycles. The van der Waals surface area contributed by atoms with E-state index in [1.807, 2.05) is 30.3 Å². The fourth-order valence-corrected chi connectivity index (χ4v) is 1.66. The van der Waals surface area contributed by atoms with Crippen LogP contribution >= 0.6 is 0 Å². The van der Waals surface area contributed by atoms with Crippen LogP contribution in [0.15, 0.2) is 30.3 Å². The van der Waals surface area contributed by atoms with Crippen molar-refractivity contribution in [1.82, 2.24) is 10.6 Å². The van der Waals surface area contributed by atoms with Crippen LogP contribution in [0.3, 0.4) is 0 Å². The molecule has 7 heteroatoms. The van der Waals surface area contributed by atoms with Gasteiger partial charge in [0.05, 0.1) is 11.8 Å².